The molecule has 1 aromatic carbocycles. The summed E-state index contributed by atoms with van der Waals surface area (Å²) in [5.74, 6) is 0.584. The largest absolute Gasteiger partial charge is 0.493 e. The van der Waals surface area contributed by atoms with Gasteiger partial charge in [-0.25, -0.2) is 0 Å². The highest BCUT2D eigenvalue weighted by Gasteiger charge is 2.38. The van der Waals surface area contributed by atoms with E-state index in [1.54, 1.807) is 0 Å². The number of benzene rings is 1. The SMILES string of the molecule is CC(C)(C)OC(=O)CCOc1ccc(C2(C)CC2)cc1. The van der Waals surface area contributed by atoms with Crippen molar-refractivity contribution in [1.29, 1.82) is 0 Å². The first kappa shape index (κ1) is 14.9. The van der Waals surface area contributed by atoms with Gasteiger partial charge in [0.25, 0.3) is 0 Å². The van der Waals surface area contributed by atoms with Crippen LogP contribution in [0.1, 0.15) is 52.5 Å². The molecule has 20 heavy (non-hydrogen) atoms. The van der Waals surface area contributed by atoms with Crippen LogP contribution < -0.4 is 4.74 Å². The van der Waals surface area contributed by atoms with Gasteiger partial charge in [0.05, 0.1) is 13.0 Å². The molecule has 1 fully saturated rings. The van der Waals surface area contributed by atoms with Crippen LogP contribution >= 0.6 is 0 Å². The zero-order chi connectivity index (χ0) is 14.8. The molecular formula is C17H24O3. The van der Waals surface area contributed by atoms with E-state index in [-0.39, 0.29) is 12.4 Å². The predicted octanol–water partition coefficient (Wildman–Crippen LogP) is 3.85. The number of hydrogen-bond donors (Lipinski definition) is 0. The number of ether oxygens (including phenoxy) is 2. The van der Waals surface area contributed by atoms with Gasteiger partial charge in [0, 0.05) is 0 Å². The molecule has 0 spiro atoms. The van der Waals surface area contributed by atoms with Gasteiger partial charge in [0.1, 0.15) is 11.4 Å². The smallest absolute Gasteiger partial charge is 0.309 e. The summed E-state index contributed by atoms with van der Waals surface area (Å²) in [7, 11) is 0. The molecule has 0 saturated heterocycles. The van der Waals surface area contributed by atoms with Crippen LogP contribution in [0.4, 0.5) is 0 Å². The molecule has 0 aromatic heterocycles. The molecule has 0 bridgehead atoms. The lowest BCUT2D eigenvalue weighted by molar-refractivity contribution is -0.155. The Bertz CT molecular complexity index is 464. The molecule has 1 aliphatic carbocycles. The second-order valence-corrected chi connectivity index (χ2v) is 6.77. The summed E-state index contributed by atoms with van der Waals surface area (Å²) in [6, 6.07) is 8.20. The maximum absolute atomic E-state index is 11.5. The number of hydrogen-bond acceptors (Lipinski definition) is 3. The van der Waals surface area contributed by atoms with E-state index >= 15 is 0 Å². The van der Waals surface area contributed by atoms with Crippen LogP contribution in [0.5, 0.6) is 5.75 Å². The van der Waals surface area contributed by atoms with E-state index in [4.69, 9.17) is 9.47 Å². The van der Waals surface area contributed by atoms with E-state index in [2.05, 4.69) is 19.1 Å². The highest BCUT2D eigenvalue weighted by Crippen LogP contribution is 2.47. The van der Waals surface area contributed by atoms with E-state index in [1.807, 2.05) is 32.9 Å². The monoisotopic (exact) mass is 276 g/mol. The molecular weight excluding hydrogens is 252 g/mol. The van der Waals surface area contributed by atoms with Gasteiger partial charge in [0.15, 0.2) is 0 Å². The fourth-order valence-electron chi connectivity index (χ4n) is 2.07. The highest BCUT2D eigenvalue weighted by atomic mass is 16.6. The van der Waals surface area contributed by atoms with E-state index in [0.717, 1.165) is 5.75 Å². The Hall–Kier alpha value is -1.51. The lowest BCUT2D eigenvalue weighted by Crippen LogP contribution is -2.24. The Balaban J connectivity index is 1.76. The van der Waals surface area contributed by atoms with Gasteiger partial charge in [-0.2, -0.15) is 0 Å². The zero-order valence-electron chi connectivity index (χ0n) is 12.9. The Labute approximate surface area is 121 Å². The number of esters is 1. The molecule has 1 aromatic rings. The summed E-state index contributed by atoms with van der Waals surface area (Å²) >= 11 is 0. The van der Waals surface area contributed by atoms with Crippen molar-refractivity contribution in [3.05, 3.63) is 29.8 Å². The lowest BCUT2D eigenvalue weighted by atomic mass is 9.99. The minimum absolute atomic E-state index is 0.223. The Morgan fingerprint density at radius 3 is 2.30 bits per heavy atom. The van der Waals surface area contributed by atoms with Gasteiger partial charge < -0.3 is 9.47 Å². The molecule has 0 aliphatic heterocycles. The van der Waals surface area contributed by atoms with Crippen LogP contribution in [0, 0.1) is 0 Å². The summed E-state index contributed by atoms with van der Waals surface area (Å²) in [5.41, 5.74) is 1.32. The van der Waals surface area contributed by atoms with Crippen molar-refractivity contribution in [3.63, 3.8) is 0 Å². The van der Waals surface area contributed by atoms with Crippen molar-refractivity contribution in [3.8, 4) is 5.75 Å². The summed E-state index contributed by atoms with van der Waals surface area (Å²) in [6.07, 6.45) is 2.81. The van der Waals surface area contributed by atoms with Gasteiger partial charge in [-0.05, 0) is 56.7 Å². The van der Waals surface area contributed by atoms with Crippen LogP contribution in [0.15, 0.2) is 24.3 Å². The molecule has 0 N–H and O–H groups in total. The number of rotatable bonds is 5. The predicted molar refractivity (Wildman–Crippen MR) is 79.0 cm³/mol. The quantitative estimate of drug-likeness (QED) is 0.766. The third-order valence-corrected chi connectivity index (χ3v) is 3.55. The van der Waals surface area contributed by atoms with Crippen molar-refractivity contribution < 1.29 is 14.3 Å². The molecule has 110 valence electrons. The zero-order valence-corrected chi connectivity index (χ0v) is 12.9. The molecule has 2 rings (SSSR count). The first-order chi connectivity index (χ1) is 9.28. The lowest BCUT2D eigenvalue weighted by Gasteiger charge is -2.19. The first-order valence-corrected chi connectivity index (χ1v) is 7.24. The fourth-order valence-corrected chi connectivity index (χ4v) is 2.07. The maximum atomic E-state index is 11.5. The average Bonchev–Trinajstić information content (AvgIpc) is 3.07. The summed E-state index contributed by atoms with van der Waals surface area (Å²) in [6.45, 7) is 8.23. The Morgan fingerprint density at radius 2 is 1.80 bits per heavy atom. The summed E-state index contributed by atoms with van der Waals surface area (Å²) in [5, 5.41) is 0. The molecule has 3 heteroatoms. The summed E-state index contributed by atoms with van der Waals surface area (Å²) in [4.78, 5) is 11.5. The molecule has 1 aliphatic rings. The third-order valence-electron chi connectivity index (χ3n) is 3.55. The number of carbonyl (C=O) groups is 1. The molecule has 0 atom stereocenters. The van der Waals surface area contributed by atoms with Crippen molar-refractivity contribution in [2.24, 2.45) is 0 Å². The van der Waals surface area contributed by atoms with Crippen molar-refractivity contribution in [2.75, 3.05) is 6.61 Å². The van der Waals surface area contributed by atoms with Gasteiger partial charge >= 0.3 is 5.97 Å². The number of carbonyl (C=O) groups excluding carboxylic acids is 1. The third kappa shape index (κ3) is 4.26. The van der Waals surface area contributed by atoms with Gasteiger partial charge in [-0.1, -0.05) is 19.1 Å². The summed E-state index contributed by atoms with van der Waals surface area (Å²) < 4.78 is 10.8. The van der Waals surface area contributed by atoms with Crippen molar-refractivity contribution in [1.82, 2.24) is 0 Å². The van der Waals surface area contributed by atoms with Crippen LogP contribution in [0.3, 0.4) is 0 Å². The second-order valence-electron chi connectivity index (χ2n) is 6.77. The van der Waals surface area contributed by atoms with E-state index in [1.165, 1.54) is 18.4 Å². The molecule has 3 nitrogen and oxygen atoms in total. The Morgan fingerprint density at radius 1 is 1.20 bits per heavy atom. The minimum Gasteiger partial charge on any atom is -0.493 e. The topological polar surface area (TPSA) is 35.5 Å². The molecule has 0 amide bonds. The average molecular weight is 276 g/mol. The molecule has 0 radical (unpaired) electrons. The molecule has 0 unspecified atom stereocenters. The fraction of sp³-hybridized carbons (Fsp3) is 0.588. The Kier molecular flexibility index (Phi) is 4.07. The second kappa shape index (κ2) is 5.47. The van der Waals surface area contributed by atoms with Crippen molar-refractivity contribution in [2.45, 2.75) is 58.0 Å². The van der Waals surface area contributed by atoms with Crippen LogP contribution in [0.25, 0.3) is 0 Å². The minimum atomic E-state index is -0.432. The van der Waals surface area contributed by atoms with Crippen molar-refractivity contribution >= 4 is 5.97 Å². The van der Waals surface area contributed by atoms with E-state index < -0.39 is 5.60 Å². The highest BCUT2D eigenvalue weighted by molar-refractivity contribution is 5.69. The standard InChI is InChI=1S/C17H24O3/c1-16(2,3)20-15(18)9-12-19-14-7-5-13(6-8-14)17(4)10-11-17/h5-8H,9-12H2,1-4H3. The van der Waals surface area contributed by atoms with Gasteiger partial charge in [0.2, 0.25) is 0 Å². The van der Waals surface area contributed by atoms with Crippen LogP contribution in [-0.2, 0) is 14.9 Å². The molecule has 1 saturated carbocycles. The first-order valence-electron chi connectivity index (χ1n) is 7.24. The van der Waals surface area contributed by atoms with Gasteiger partial charge in [-0.3, -0.25) is 4.79 Å². The van der Waals surface area contributed by atoms with Crippen LogP contribution in [-0.4, -0.2) is 18.2 Å². The normalized spacial score (nSPS) is 16.6. The van der Waals surface area contributed by atoms with Gasteiger partial charge in [-0.15, -0.1) is 0 Å². The van der Waals surface area contributed by atoms with E-state index in [0.29, 0.717) is 12.0 Å². The van der Waals surface area contributed by atoms with Crippen LogP contribution in [0.2, 0.25) is 0 Å². The van der Waals surface area contributed by atoms with E-state index in [9.17, 15) is 4.79 Å². The maximum Gasteiger partial charge on any atom is 0.309 e. The molecule has 0 heterocycles.